The maximum absolute atomic E-state index is 12.6. The summed E-state index contributed by atoms with van der Waals surface area (Å²) in [6.07, 6.45) is 97.9. The van der Waals surface area contributed by atoms with E-state index in [1.165, 1.54) is 353 Å². The van der Waals surface area contributed by atoms with E-state index in [9.17, 15) is 15.0 Å². The summed E-state index contributed by atoms with van der Waals surface area (Å²) in [4.78, 5) is 12.6. The molecule has 0 saturated carbocycles. The van der Waals surface area contributed by atoms with Crippen molar-refractivity contribution in [3.8, 4) is 0 Å². The summed E-state index contributed by atoms with van der Waals surface area (Å²) < 4.78 is 0. The third-order valence-electron chi connectivity index (χ3n) is 17.4. The number of allylic oxidation sites excluding steroid dienone is 6. The number of rotatable bonds is 69. The zero-order valence-corrected chi connectivity index (χ0v) is 54.2. The van der Waals surface area contributed by atoms with Crippen molar-refractivity contribution >= 4 is 5.91 Å². The van der Waals surface area contributed by atoms with E-state index < -0.39 is 12.1 Å². The van der Waals surface area contributed by atoms with E-state index in [4.69, 9.17) is 0 Å². The van der Waals surface area contributed by atoms with E-state index in [1.807, 2.05) is 0 Å². The van der Waals surface area contributed by atoms with Crippen LogP contribution in [0.3, 0.4) is 0 Å². The largest absolute Gasteiger partial charge is 0.394 e. The third kappa shape index (κ3) is 67.3. The van der Waals surface area contributed by atoms with Crippen molar-refractivity contribution < 1.29 is 15.0 Å². The highest BCUT2D eigenvalue weighted by molar-refractivity contribution is 5.76. The second-order valence-corrected chi connectivity index (χ2v) is 25.4. The molecule has 0 fully saturated rings. The van der Waals surface area contributed by atoms with E-state index >= 15 is 0 Å². The molecular formula is C75H145NO3. The normalized spacial score (nSPS) is 12.8. The topological polar surface area (TPSA) is 69.6 Å². The number of amides is 1. The average Bonchev–Trinajstić information content (AvgIpc) is 3.45. The highest BCUT2D eigenvalue weighted by Crippen LogP contribution is 2.20. The Morgan fingerprint density at radius 1 is 0.304 bits per heavy atom. The average molecular weight is 1110 g/mol. The third-order valence-corrected chi connectivity index (χ3v) is 17.4. The summed E-state index contributed by atoms with van der Waals surface area (Å²) in [7, 11) is 0. The molecule has 0 aromatic rings. The van der Waals surface area contributed by atoms with Gasteiger partial charge in [0.25, 0.3) is 0 Å². The van der Waals surface area contributed by atoms with Crippen LogP contribution in [0.25, 0.3) is 0 Å². The lowest BCUT2D eigenvalue weighted by molar-refractivity contribution is -0.123. The molecule has 0 bridgehead atoms. The molecular weight excluding hydrogens is 963 g/mol. The Morgan fingerprint density at radius 3 is 0.772 bits per heavy atom. The fourth-order valence-corrected chi connectivity index (χ4v) is 11.8. The van der Waals surface area contributed by atoms with Crippen LogP contribution < -0.4 is 5.32 Å². The molecule has 2 atom stereocenters. The molecule has 0 aromatic heterocycles. The molecule has 0 aromatic carbocycles. The Hall–Kier alpha value is -1.39. The maximum Gasteiger partial charge on any atom is 0.220 e. The number of unbranched alkanes of at least 4 members (excludes halogenated alkanes) is 56. The maximum atomic E-state index is 12.6. The Morgan fingerprint density at radius 2 is 0.519 bits per heavy atom. The molecule has 0 aliphatic rings. The van der Waals surface area contributed by atoms with Gasteiger partial charge >= 0.3 is 0 Å². The summed E-state index contributed by atoms with van der Waals surface area (Å²) in [5.41, 5.74) is 0. The second-order valence-electron chi connectivity index (χ2n) is 25.4. The molecule has 0 aliphatic carbocycles. The molecule has 3 N–H and O–H groups in total. The van der Waals surface area contributed by atoms with Crippen LogP contribution in [0, 0.1) is 0 Å². The van der Waals surface area contributed by atoms with Crippen molar-refractivity contribution in [2.75, 3.05) is 6.61 Å². The van der Waals surface area contributed by atoms with Crippen molar-refractivity contribution in [2.24, 2.45) is 0 Å². The van der Waals surface area contributed by atoms with Crippen LogP contribution in [0.4, 0.5) is 0 Å². The number of carbonyl (C=O) groups excluding carboxylic acids is 1. The molecule has 0 saturated heterocycles. The molecule has 4 nitrogen and oxygen atoms in total. The monoisotopic (exact) mass is 1110 g/mol. The lowest BCUT2D eigenvalue weighted by atomic mass is 10.0. The fourth-order valence-electron chi connectivity index (χ4n) is 11.8. The van der Waals surface area contributed by atoms with Gasteiger partial charge in [-0.15, -0.1) is 0 Å². The SMILES string of the molecule is CCCCCCC/C=C\C/C=C\C/C=C\CCCCCCCCCCCCCCCCCCCCCCC(=O)NC(CO)C(O)CCCCCCCCCCCCCCCCCCCCCCCCCCCCCCCCCC. The molecule has 0 radical (unpaired) electrons. The van der Waals surface area contributed by atoms with Crippen LogP contribution in [-0.4, -0.2) is 34.9 Å². The van der Waals surface area contributed by atoms with Crippen molar-refractivity contribution in [3.63, 3.8) is 0 Å². The van der Waals surface area contributed by atoms with Crippen LogP contribution >= 0.6 is 0 Å². The number of aliphatic hydroxyl groups excluding tert-OH is 2. The summed E-state index contributed by atoms with van der Waals surface area (Å²) in [6.45, 7) is 4.40. The van der Waals surface area contributed by atoms with Gasteiger partial charge in [-0.05, 0) is 51.4 Å². The first-order chi connectivity index (χ1) is 39.2. The van der Waals surface area contributed by atoms with Gasteiger partial charge in [0.15, 0.2) is 0 Å². The lowest BCUT2D eigenvalue weighted by Crippen LogP contribution is -2.45. The van der Waals surface area contributed by atoms with Gasteiger partial charge in [-0.1, -0.05) is 397 Å². The second kappa shape index (κ2) is 70.9. The standard InChI is InChI=1S/C75H145NO3/c1-3-5-7-9-11-13-15-17-19-21-23-25-27-29-31-33-35-37-38-39-41-43-45-47-49-51-53-55-57-59-61-63-65-67-69-71-75(79)76-73(72-77)74(78)70-68-66-64-62-60-58-56-54-52-50-48-46-44-42-40-36-34-32-30-28-26-24-22-20-18-16-14-12-10-8-6-4-2/h15,17,21,23,27,29,73-74,77-78H,3-14,16,18-20,22,24-26,28,30-72H2,1-2H3,(H,76,79)/b17-15-,23-21-,29-27-. The van der Waals surface area contributed by atoms with E-state index in [-0.39, 0.29) is 12.5 Å². The number of aliphatic hydroxyl groups is 2. The van der Waals surface area contributed by atoms with Crippen molar-refractivity contribution in [1.29, 1.82) is 0 Å². The quantitative estimate of drug-likeness (QED) is 0.0420. The Kier molecular flexibility index (Phi) is 69.6. The van der Waals surface area contributed by atoms with Gasteiger partial charge in [-0.3, -0.25) is 4.79 Å². The number of hydrogen-bond acceptors (Lipinski definition) is 3. The van der Waals surface area contributed by atoms with Crippen LogP contribution in [-0.2, 0) is 4.79 Å². The van der Waals surface area contributed by atoms with Crippen LogP contribution in [0.2, 0.25) is 0 Å². The zero-order chi connectivity index (χ0) is 56.9. The van der Waals surface area contributed by atoms with Gasteiger partial charge in [-0.25, -0.2) is 0 Å². The van der Waals surface area contributed by atoms with Gasteiger partial charge in [0, 0.05) is 6.42 Å². The van der Waals surface area contributed by atoms with Crippen LogP contribution in [0.1, 0.15) is 418 Å². The van der Waals surface area contributed by atoms with Gasteiger partial charge in [0.05, 0.1) is 18.8 Å². The molecule has 1 amide bonds. The molecule has 79 heavy (non-hydrogen) atoms. The van der Waals surface area contributed by atoms with Crippen LogP contribution in [0.15, 0.2) is 36.5 Å². The van der Waals surface area contributed by atoms with Crippen molar-refractivity contribution in [2.45, 2.75) is 431 Å². The Balaban J connectivity index is 3.38. The summed E-state index contributed by atoms with van der Waals surface area (Å²) >= 11 is 0. The molecule has 0 aliphatic heterocycles. The molecule has 468 valence electrons. The lowest BCUT2D eigenvalue weighted by Gasteiger charge is -2.22. The van der Waals surface area contributed by atoms with Crippen LogP contribution in [0.5, 0.6) is 0 Å². The summed E-state index contributed by atoms with van der Waals surface area (Å²) in [5.74, 6) is -0.0224. The predicted molar refractivity (Wildman–Crippen MR) is 355 cm³/mol. The summed E-state index contributed by atoms with van der Waals surface area (Å²) in [6, 6.07) is -0.537. The Bertz CT molecular complexity index is 1210. The van der Waals surface area contributed by atoms with Crippen molar-refractivity contribution in [3.05, 3.63) is 36.5 Å². The van der Waals surface area contributed by atoms with Crippen molar-refractivity contribution in [1.82, 2.24) is 5.32 Å². The smallest absolute Gasteiger partial charge is 0.220 e. The first-order valence-corrected chi connectivity index (χ1v) is 36.7. The minimum atomic E-state index is -0.660. The van der Waals surface area contributed by atoms with E-state index in [0.717, 1.165) is 38.5 Å². The first kappa shape index (κ1) is 77.6. The van der Waals surface area contributed by atoms with Gasteiger partial charge in [0.1, 0.15) is 0 Å². The van der Waals surface area contributed by atoms with Gasteiger partial charge in [-0.2, -0.15) is 0 Å². The number of carbonyl (C=O) groups is 1. The van der Waals surface area contributed by atoms with Gasteiger partial charge < -0.3 is 15.5 Å². The predicted octanol–water partition coefficient (Wildman–Crippen LogP) is 25.1. The molecule has 4 heteroatoms. The molecule has 2 unspecified atom stereocenters. The summed E-state index contributed by atoms with van der Waals surface area (Å²) in [5, 5.41) is 23.5. The van der Waals surface area contributed by atoms with E-state index in [0.29, 0.717) is 12.8 Å². The Labute approximate surface area is 497 Å². The number of hydrogen-bond donors (Lipinski definition) is 3. The minimum Gasteiger partial charge on any atom is -0.394 e. The zero-order valence-electron chi connectivity index (χ0n) is 54.2. The molecule has 0 heterocycles. The van der Waals surface area contributed by atoms with Gasteiger partial charge in [0.2, 0.25) is 5.91 Å². The van der Waals surface area contributed by atoms with E-state index in [2.05, 4.69) is 55.6 Å². The fraction of sp³-hybridized carbons (Fsp3) is 0.907. The first-order valence-electron chi connectivity index (χ1n) is 36.7. The minimum absolute atomic E-state index is 0.0224. The highest BCUT2D eigenvalue weighted by atomic mass is 16.3. The molecule has 0 rings (SSSR count). The molecule has 0 spiro atoms. The number of nitrogens with one attached hydrogen (secondary N) is 1. The highest BCUT2D eigenvalue weighted by Gasteiger charge is 2.20. The van der Waals surface area contributed by atoms with E-state index in [1.54, 1.807) is 0 Å².